The van der Waals surface area contributed by atoms with Gasteiger partial charge in [-0.05, 0) is 26.8 Å². The van der Waals surface area contributed by atoms with Gasteiger partial charge in [-0.1, -0.05) is 6.07 Å². The normalized spacial score (nSPS) is 11.0. The van der Waals surface area contributed by atoms with Crippen molar-refractivity contribution in [3.8, 4) is 5.75 Å². The molecule has 0 aliphatic heterocycles. The molecule has 92 valence electrons. The Labute approximate surface area is 98.0 Å². The summed E-state index contributed by atoms with van der Waals surface area (Å²) in [6, 6.07) is 4.31. The summed E-state index contributed by atoms with van der Waals surface area (Å²) in [6.07, 6.45) is 0. The third-order valence-corrected chi connectivity index (χ3v) is 2.33. The van der Waals surface area contributed by atoms with Gasteiger partial charge in [0.05, 0.1) is 10.5 Å². The van der Waals surface area contributed by atoms with E-state index in [9.17, 15) is 14.9 Å². The Bertz CT molecular complexity index is 467. The summed E-state index contributed by atoms with van der Waals surface area (Å²) in [7, 11) is 0. The summed E-state index contributed by atoms with van der Waals surface area (Å²) in [5, 5.41) is 19.6. The molecule has 0 amide bonds. The van der Waals surface area contributed by atoms with Gasteiger partial charge in [0.2, 0.25) is 0 Å². The van der Waals surface area contributed by atoms with Crippen LogP contribution in [0.5, 0.6) is 5.75 Å². The van der Waals surface area contributed by atoms with Crippen LogP contribution in [0.4, 0.5) is 5.69 Å². The zero-order chi connectivity index (χ0) is 13.2. The molecule has 0 bridgehead atoms. The van der Waals surface area contributed by atoms with Gasteiger partial charge in [0.1, 0.15) is 5.75 Å². The molecule has 0 aliphatic carbocycles. The van der Waals surface area contributed by atoms with E-state index >= 15 is 0 Å². The lowest BCUT2D eigenvalue weighted by Gasteiger charge is -2.22. The van der Waals surface area contributed by atoms with Gasteiger partial charge in [0, 0.05) is 6.07 Å². The van der Waals surface area contributed by atoms with E-state index in [1.54, 1.807) is 0 Å². The molecule has 0 atom stereocenters. The van der Waals surface area contributed by atoms with Crippen molar-refractivity contribution < 1.29 is 19.6 Å². The SMILES string of the molecule is Cc1c(OC(C)(C)C(=O)O)cccc1[N+](=O)[O-]. The van der Waals surface area contributed by atoms with Crippen molar-refractivity contribution >= 4 is 11.7 Å². The Morgan fingerprint density at radius 2 is 2.06 bits per heavy atom. The van der Waals surface area contributed by atoms with Crippen LogP contribution in [0.25, 0.3) is 0 Å². The first-order valence-corrected chi connectivity index (χ1v) is 4.92. The van der Waals surface area contributed by atoms with Gasteiger partial charge in [-0.3, -0.25) is 10.1 Å². The predicted molar refractivity (Wildman–Crippen MR) is 60.2 cm³/mol. The molecular formula is C11H13NO5. The average Bonchev–Trinajstić information content (AvgIpc) is 2.20. The van der Waals surface area contributed by atoms with Crippen molar-refractivity contribution in [3.05, 3.63) is 33.9 Å². The van der Waals surface area contributed by atoms with E-state index in [1.165, 1.54) is 39.0 Å². The smallest absolute Gasteiger partial charge is 0.347 e. The summed E-state index contributed by atoms with van der Waals surface area (Å²) < 4.78 is 5.28. The van der Waals surface area contributed by atoms with Crippen LogP contribution in [0, 0.1) is 17.0 Å². The topological polar surface area (TPSA) is 89.7 Å². The number of nitro groups is 1. The molecule has 0 radical (unpaired) electrons. The van der Waals surface area contributed by atoms with Crippen molar-refractivity contribution in [2.75, 3.05) is 0 Å². The largest absolute Gasteiger partial charge is 0.478 e. The Morgan fingerprint density at radius 1 is 1.47 bits per heavy atom. The Morgan fingerprint density at radius 3 is 2.53 bits per heavy atom. The number of ether oxygens (including phenoxy) is 1. The van der Waals surface area contributed by atoms with Crippen LogP contribution in [-0.2, 0) is 4.79 Å². The maximum Gasteiger partial charge on any atom is 0.347 e. The van der Waals surface area contributed by atoms with Gasteiger partial charge in [-0.15, -0.1) is 0 Å². The van der Waals surface area contributed by atoms with Gasteiger partial charge in [0.25, 0.3) is 5.69 Å². The fraction of sp³-hybridized carbons (Fsp3) is 0.364. The molecule has 0 fully saturated rings. The van der Waals surface area contributed by atoms with Crippen molar-refractivity contribution in [2.45, 2.75) is 26.4 Å². The van der Waals surface area contributed by atoms with Crippen LogP contribution in [0.3, 0.4) is 0 Å². The molecule has 6 heteroatoms. The lowest BCUT2D eigenvalue weighted by atomic mass is 10.1. The van der Waals surface area contributed by atoms with E-state index < -0.39 is 16.5 Å². The van der Waals surface area contributed by atoms with Crippen molar-refractivity contribution in [1.82, 2.24) is 0 Å². The number of hydrogen-bond acceptors (Lipinski definition) is 4. The summed E-state index contributed by atoms with van der Waals surface area (Å²) in [6.45, 7) is 4.28. The molecule has 0 unspecified atom stereocenters. The zero-order valence-electron chi connectivity index (χ0n) is 9.76. The lowest BCUT2D eigenvalue weighted by Crippen LogP contribution is -2.38. The highest BCUT2D eigenvalue weighted by Crippen LogP contribution is 2.29. The van der Waals surface area contributed by atoms with E-state index in [1.807, 2.05) is 0 Å². The van der Waals surface area contributed by atoms with Crippen molar-refractivity contribution in [3.63, 3.8) is 0 Å². The number of benzene rings is 1. The number of carbonyl (C=O) groups is 1. The number of carboxylic acids is 1. The van der Waals surface area contributed by atoms with Crippen LogP contribution in [0.15, 0.2) is 18.2 Å². The minimum atomic E-state index is -1.43. The molecule has 6 nitrogen and oxygen atoms in total. The molecule has 1 aromatic rings. The Kier molecular flexibility index (Phi) is 3.36. The maximum absolute atomic E-state index is 10.9. The molecule has 0 saturated heterocycles. The molecule has 0 heterocycles. The van der Waals surface area contributed by atoms with Gasteiger partial charge < -0.3 is 9.84 Å². The molecule has 0 aromatic heterocycles. The molecule has 0 spiro atoms. The maximum atomic E-state index is 10.9. The minimum Gasteiger partial charge on any atom is -0.478 e. The number of nitrogens with zero attached hydrogens (tertiary/aromatic N) is 1. The van der Waals surface area contributed by atoms with Crippen LogP contribution in [-0.4, -0.2) is 21.6 Å². The second-order valence-electron chi connectivity index (χ2n) is 4.07. The minimum absolute atomic E-state index is 0.0938. The molecule has 1 rings (SSSR count). The summed E-state index contributed by atoms with van der Waals surface area (Å²) >= 11 is 0. The molecule has 1 aromatic carbocycles. The highest BCUT2D eigenvalue weighted by Gasteiger charge is 2.30. The number of hydrogen-bond donors (Lipinski definition) is 1. The first-order chi connectivity index (χ1) is 7.75. The van der Waals surface area contributed by atoms with Gasteiger partial charge in [0.15, 0.2) is 5.60 Å². The van der Waals surface area contributed by atoms with Crippen molar-refractivity contribution in [2.24, 2.45) is 0 Å². The van der Waals surface area contributed by atoms with Crippen LogP contribution >= 0.6 is 0 Å². The van der Waals surface area contributed by atoms with Crippen molar-refractivity contribution in [1.29, 1.82) is 0 Å². The third kappa shape index (κ3) is 2.72. The Balaban J connectivity index is 3.13. The number of rotatable bonds is 4. The molecular weight excluding hydrogens is 226 g/mol. The highest BCUT2D eigenvalue weighted by molar-refractivity contribution is 5.77. The standard InChI is InChI=1S/C11H13NO5/c1-7-8(12(15)16)5-4-6-9(7)17-11(2,3)10(13)14/h4-6H,1-3H3,(H,13,14). The van der Waals surface area contributed by atoms with E-state index in [0.717, 1.165) is 0 Å². The van der Waals surface area contributed by atoms with E-state index in [0.29, 0.717) is 5.56 Å². The fourth-order valence-corrected chi connectivity index (χ4v) is 1.23. The molecule has 1 N–H and O–H groups in total. The predicted octanol–water partition coefficient (Wildman–Crippen LogP) is 2.15. The molecule has 17 heavy (non-hydrogen) atoms. The van der Waals surface area contributed by atoms with Crippen LogP contribution in [0.1, 0.15) is 19.4 Å². The van der Waals surface area contributed by atoms with Gasteiger partial charge >= 0.3 is 5.97 Å². The number of aliphatic carboxylic acids is 1. The average molecular weight is 239 g/mol. The number of nitro benzene ring substituents is 1. The zero-order valence-corrected chi connectivity index (χ0v) is 9.76. The third-order valence-electron chi connectivity index (χ3n) is 2.33. The summed E-state index contributed by atoms with van der Waals surface area (Å²) in [5.41, 5.74) is -1.21. The van der Waals surface area contributed by atoms with Crippen LogP contribution < -0.4 is 4.74 Å². The van der Waals surface area contributed by atoms with Gasteiger partial charge in [-0.2, -0.15) is 0 Å². The monoisotopic (exact) mass is 239 g/mol. The second kappa shape index (κ2) is 4.40. The highest BCUT2D eigenvalue weighted by atomic mass is 16.6. The van der Waals surface area contributed by atoms with E-state index in [-0.39, 0.29) is 11.4 Å². The first-order valence-electron chi connectivity index (χ1n) is 4.92. The molecule has 0 aliphatic rings. The summed E-state index contributed by atoms with van der Waals surface area (Å²) in [5.74, 6) is -0.935. The number of carboxylic acid groups (broad SMARTS) is 1. The van der Waals surface area contributed by atoms with Gasteiger partial charge in [-0.25, -0.2) is 4.79 Å². The fourth-order valence-electron chi connectivity index (χ4n) is 1.23. The Hall–Kier alpha value is -2.11. The summed E-state index contributed by atoms with van der Waals surface area (Å²) in [4.78, 5) is 21.1. The van der Waals surface area contributed by atoms with E-state index in [4.69, 9.17) is 9.84 Å². The second-order valence-corrected chi connectivity index (χ2v) is 4.07. The van der Waals surface area contributed by atoms with E-state index in [2.05, 4.69) is 0 Å². The quantitative estimate of drug-likeness (QED) is 0.642. The van der Waals surface area contributed by atoms with Crippen LogP contribution in [0.2, 0.25) is 0 Å². The molecule has 0 saturated carbocycles. The first kappa shape index (κ1) is 13.0. The lowest BCUT2D eigenvalue weighted by molar-refractivity contribution is -0.385.